The summed E-state index contributed by atoms with van der Waals surface area (Å²) in [6, 6.07) is 8.46. The summed E-state index contributed by atoms with van der Waals surface area (Å²) in [5.74, 6) is 1.95. The molecule has 0 aliphatic carbocycles. The summed E-state index contributed by atoms with van der Waals surface area (Å²) in [6.45, 7) is 5.31. The van der Waals surface area contributed by atoms with Gasteiger partial charge in [0.05, 0.1) is 5.75 Å². The minimum atomic E-state index is -3.13. The third-order valence-corrected chi connectivity index (χ3v) is 7.39. The zero-order valence-electron chi connectivity index (χ0n) is 15.0. The highest BCUT2D eigenvalue weighted by Gasteiger charge is 2.29. The quantitative estimate of drug-likeness (QED) is 0.699. The maximum atomic E-state index is 12.2. The molecule has 0 aromatic heterocycles. The van der Waals surface area contributed by atoms with Crippen molar-refractivity contribution in [3.05, 3.63) is 35.4 Å². The molecule has 1 aromatic carbocycles. The lowest BCUT2D eigenvalue weighted by Crippen LogP contribution is -2.43. The van der Waals surface area contributed by atoms with Gasteiger partial charge >= 0.3 is 0 Å². The predicted octanol–water partition coefficient (Wildman–Crippen LogP) is 2.41. The molecule has 1 aromatic rings. The van der Waals surface area contributed by atoms with Crippen molar-refractivity contribution in [1.29, 1.82) is 0 Å². The molecule has 7 heteroatoms. The van der Waals surface area contributed by atoms with Gasteiger partial charge in [0.1, 0.15) is 0 Å². The predicted molar refractivity (Wildman–Crippen MR) is 104 cm³/mol. The third-order valence-electron chi connectivity index (χ3n) is 4.48. The van der Waals surface area contributed by atoms with E-state index in [0.29, 0.717) is 32.5 Å². The van der Waals surface area contributed by atoms with E-state index in [4.69, 9.17) is 0 Å². The Morgan fingerprint density at radius 3 is 2.68 bits per heavy atom. The fraction of sp³-hybridized carbons (Fsp3) is 0.611. The van der Waals surface area contributed by atoms with Crippen molar-refractivity contribution >= 4 is 27.7 Å². The average molecular weight is 385 g/mol. The molecular formula is C18H28N2O3S2. The van der Waals surface area contributed by atoms with Gasteiger partial charge in [0.25, 0.3) is 0 Å². The first-order valence-corrected chi connectivity index (χ1v) is 11.6. The molecule has 0 spiro atoms. The summed E-state index contributed by atoms with van der Waals surface area (Å²) < 4.78 is 25.2. The average Bonchev–Trinajstić information content (AvgIpc) is 2.61. The second kappa shape index (κ2) is 9.59. The topological polar surface area (TPSA) is 66.5 Å². The van der Waals surface area contributed by atoms with Crippen LogP contribution in [0.1, 0.15) is 30.9 Å². The lowest BCUT2D eigenvalue weighted by Gasteiger charge is -2.30. The number of aryl methyl sites for hydroxylation is 1. The molecule has 1 aliphatic heterocycles. The molecule has 1 heterocycles. The lowest BCUT2D eigenvalue weighted by molar-refractivity contribution is -0.125. The largest absolute Gasteiger partial charge is 0.355 e. The van der Waals surface area contributed by atoms with Gasteiger partial charge in [-0.1, -0.05) is 29.8 Å². The molecule has 2 rings (SSSR count). The monoisotopic (exact) mass is 384 g/mol. The Morgan fingerprint density at radius 2 is 2.04 bits per heavy atom. The normalized spacial score (nSPS) is 16.7. The van der Waals surface area contributed by atoms with Crippen LogP contribution in [0.25, 0.3) is 0 Å². The van der Waals surface area contributed by atoms with Gasteiger partial charge in [-0.3, -0.25) is 4.79 Å². The van der Waals surface area contributed by atoms with Gasteiger partial charge in [-0.15, -0.1) is 0 Å². The van der Waals surface area contributed by atoms with Crippen LogP contribution in [0.5, 0.6) is 0 Å². The second-order valence-corrected chi connectivity index (χ2v) is 9.77. The van der Waals surface area contributed by atoms with Crippen LogP contribution in [0.4, 0.5) is 0 Å². The fourth-order valence-corrected chi connectivity index (χ4v) is 4.90. The molecule has 140 valence electrons. The van der Waals surface area contributed by atoms with Crippen LogP contribution in [-0.4, -0.2) is 49.8 Å². The number of thioether (sulfide) groups is 1. The van der Waals surface area contributed by atoms with Gasteiger partial charge in [-0.25, -0.2) is 12.7 Å². The van der Waals surface area contributed by atoms with Crippen molar-refractivity contribution in [1.82, 2.24) is 9.62 Å². The molecule has 0 saturated carbocycles. The van der Waals surface area contributed by atoms with Crippen molar-refractivity contribution < 1.29 is 13.2 Å². The Bertz CT molecular complexity index is 669. The second-order valence-electron chi connectivity index (χ2n) is 6.41. The van der Waals surface area contributed by atoms with E-state index in [2.05, 4.69) is 36.5 Å². The minimum Gasteiger partial charge on any atom is -0.355 e. The van der Waals surface area contributed by atoms with Gasteiger partial charge in [-0.2, -0.15) is 11.8 Å². The number of sulfonamides is 1. The molecule has 1 saturated heterocycles. The van der Waals surface area contributed by atoms with E-state index in [1.165, 1.54) is 15.4 Å². The van der Waals surface area contributed by atoms with Crippen LogP contribution in [0.15, 0.2) is 24.3 Å². The van der Waals surface area contributed by atoms with Crippen molar-refractivity contribution in [2.24, 2.45) is 5.92 Å². The summed E-state index contributed by atoms with van der Waals surface area (Å²) in [4.78, 5) is 12.2. The van der Waals surface area contributed by atoms with E-state index < -0.39 is 10.0 Å². The maximum Gasteiger partial charge on any atom is 0.223 e. The van der Waals surface area contributed by atoms with Gasteiger partial charge in [0.15, 0.2) is 0 Å². The molecule has 0 unspecified atom stereocenters. The van der Waals surface area contributed by atoms with E-state index in [-0.39, 0.29) is 17.6 Å². The number of nitrogens with one attached hydrogen (secondary N) is 1. The molecule has 0 radical (unpaired) electrons. The first kappa shape index (κ1) is 20.3. The SMILES string of the molecule is CCS(=O)(=O)N1CCC(C(=O)NCCSCc2cccc(C)c2)CC1. The van der Waals surface area contributed by atoms with Crippen molar-refractivity contribution in [2.75, 3.05) is 31.1 Å². The number of hydrogen-bond donors (Lipinski definition) is 1. The van der Waals surface area contributed by atoms with E-state index in [1.807, 2.05) is 11.8 Å². The molecule has 1 N–H and O–H groups in total. The van der Waals surface area contributed by atoms with E-state index in [9.17, 15) is 13.2 Å². The molecule has 5 nitrogen and oxygen atoms in total. The van der Waals surface area contributed by atoms with Gasteiger partial charge in [0, 0.05) is 37.1 Å². The number of rotatable bonds is 8. The van der Waals surface area contributed by atoms with Crippen LogP contribution >= 0.6 is 11.8 Å². The van der Waals surface area contributed by atoms with E-state index in [0.717, 1.165) is 11.5 Å². The van der Waals surface area contributed by atoms with Gasteiger partial charge in [0.2, 0.25) is 15.9 Å². The lowest BCUT2D eigenvalue weighted by atomic mass is 9.97. The number of hydrogen-bond acceptors (Lipinski definition) is 4. The highest BCUT2D eigenvalue weighted by molar-refractivity contribution is 7.98. The van der Waals surface area contributed by atoms with Crippen LogP contribution in [0.2, 0.25) is 0 Å². The summed E-state index contributed by atoms with van der Waals surface area (Å²) in [6.07, 6.45) is 1.23. The molecule has 1 aliphatic rings. The van der Waals surface area contributed by atoms with Crippen LogP contribution < -0.4 is 5.32 Å². The zero-order chi connectivity index (χ0) is 18.3. The van der Waals surface area contributed by atoms with Gasteiger partial charge in [-0.05, 0) is 32.3 Å². The van der Waals surface area contributed by atoms with Crippen LogP contribution in [0.3, 0.4) is 0 Å². The number of carbonyl (C=O) groups is 1. The van der Waals surface area contributed by atoms with Gasteiger partial charge < -0.3 is 5.32 Å². The Morgan fingerprint density at radius 1 is 1.32 bits per heavy atom. The smallest absolute Gasteiger partial charge is 0.223 e. The number of amides is 1. The zero-order valence-corrected chi connectivity index (χ0v) is 16.7. The molecule has 1 amide bonds. The first-order chi connectivity index (χ1) is 11.9. The first-order valence-electron chi connectivity index (χ1n) is 8.81. The number of piperidine rings is 1. The standard InChI is InChI=1S/C18H28N2O3S2/c1-3-25(22,23)20-10-7-17(8-11-20)18(21)19-9-12-24-14-16-6-4-5-15(2)13-16/h4-6,13,17H,3,7-12,14H2,1-2H3,(H,19,21). The summed E-state index contributed by atoms with van der Waals surface area (Å²) in [7, 11) is -3.13. The number of nitrogens with zero attached hydrogens (tertiary/aromatic N) is 1. The Kier molecular flexibility index (Phi) is 7.78. The van der Waals surface area contributed by atoms with Crippen molar-refractivity contribution in [2.45, 2.75) is 32.4 Å². The number of carbonyl (C=O) groups excluding carboxylic acids is 1. The highest BCUT2D eigenvalue weighted by Crippen LogP contribution is 2.20. The molecule has 25 heavy (non-hydrogen) atoms. The van der Waals surface area contributed by atoms with E-state index >= 15 is 0 Å². The summed E-state index contributed by atoms with van der Waals surface area (Å²) >= 11 is 1.81. The fourth-order valence-electron chi connectivity index (χ4n) is 2.96. The Balaban J connectivity index is 1.63. The molecule has 0 bridgehead atoms. The minimum absolute atomic E-state index is 0.0599. The molecular weight excluding hydrogens is 356 g/mol. The van der Waals surface area contributed by atoms with Crippen molar-refractivity contribution in [3.63, 3.8) is 0 Å². The highest BCUT2D eigenvalue weighted by atomic mass is 32.2. The van der Waals surface area contributed by atoms with Crippen LogP contribution in [-0.2, 0) is 20.6 Å². The van der Waals surface area contributed by atoms with Crippen molar-refractivity contribution in [3.8, 4) is 0 Å². The Hall–Kier alpha value is -1.05. The summed E-state index contributed by atoms with van der Waals surface area (Å²) in [5, 5.41) is 2.99. The molecule has 0 atom stereocenters. The molecule has 1 fully saturated rings. The third kappa shape index (κ3) is 6.31. The Labute approximate surface area is 155 Å². The van der Waals surface area contributed by atoms with Crippen LogP contribution in [0, 0.1) is 12.8 Å². The number of benzene rings is 1. The van der Waals surface area contributed by atoms with E-state index in [1.54, 1.807) is 6.92 Å². The summed E-state index contributed by atoms with van der Waals surface area (Å²) in [5.41, 5.74) is 2.57. The maximum absolute atomic E-state index is 12.2.